The molecule has 10 nitrogen and oxygen atoms in total. The summed E-state index contributed by atoms with van der Waals surface area (Å²) in [6.45, 7) is 18.6. The van der Waals surface area contributed by atoms with Crippen LogP contribution in [0.1, 0.15) is 132 Å². The Kier molecular flexibility index (Phi) is 10.0. The van der Waals surface area contributed by atoms with E-state index in [4.69, 9.17) is 14.2 Å². The molecule has 2 N–H and O–H groups in total. The van der Waals surface area contributed by atoms with Gasteiger partial charge in [0.25, 0.3) is 0 Å². The van der Waals surface area contributed by atoms with Gasteiger partial charge in [-0.3, -0.25) is 9.59 Å². The molecule has 0 aromatic carbocycles. The fraction of sp³-hybridized carbons (Fsp3) is 0.930. The van der Waals surface area contributed by atoms with Crippen LogP contribution in [0.25, 0.3) is 0 Å². The van der Waals surface area contributed by atoms with E-state index >= 15 is 0 Å². The van der Waals surface area contributed by atoms with Crippen LogP contribution in [0.5, 0.6) is 0 Å². The van der Waals surface area contributed by atoms with E-state index < -0.39 is 11.5 Å². The Labute approximate surface area is 318 Å². The van der Waals surface area contributed by atoms with Crippen LogP contribution < -0.4 is 0 Å². The van der Waals surface area contributed by atoms with Crippen LogP contribution >= 0.6 is 0 Å². The number of carbonyl (C=O) groups excluding carboxylic acids is 2. The molecule has 0 radical (unpaired) electrons. The number of nitrogens with zero attached hydrogens (tertiary/aromatic N) is 2. The number of fused-ring (bicyclic) bond motifs is 2. The molecule has 7 rings (SSSR count). The Balaban J connectivity index is 1.04. The minimum atomic E-state index is -1.34. The summed E-state index contributed by atoms with van der Waals surface area (Å²) in [5, 5.41) is 22.1. The minimum Gasteiger partial charge on any atom is -0.480 e. The summed E-state index contributed by atoms with van der Waals surface area (Å²) in [5.74, 6) is 1.09. The first kappa shape index (κ1) is 39.5. The van der Waals surface area contributed by atoms with E-state index in [9.17, 15) is 24.6 Å². The van der Waals surface area contributed by atoms with Crippen LogP contribution in [0.3, 0.4) is 0 Å². The molecule has 1 aliphatic heterocycles. The van der Waals surface area contributed by atoms with Crippen LogP contribution in [0.4, 0.5) is 0 Å². The number of hydrogen-bond donors (Lipinski definition) is 2. The Morgan fingerprint density at radius 1 is 1.00 bits per heavy atom. The monoisotopic (exact) mass is 743 g/mol. The number of aliphatic hydroxyl groups excluding tert-OH is 1. The fourth-order valence-corrected chi connectivity index (χ4v) is 14.2. The summed E-state index contributed by atoms with van der Waals surface area (Å²) in [5.41, 5.74) is -1.02. The Bertz CT molecular complexity index is 1450. The minimum absolute atomic E-state index is 0.0124. The predicted octanol–water partition coefficient (Wildman–Crippen LogP) is 6.52. The van der Waals surface area contributed by atoms with Crippen molar-refractivity contribution in [2.75, 3.05) is 33.4 Å². The lowest BCUT2D eigenvalue weighted by molar-refractivity contribution is -0.248. The van der Waals surface area contributed by atoms with Crippen molar-refractivity contribution in [3.8, 4) is 0 Å². The molecule has 2 spiro atoms. The van der Waals surface area contributed by atoms with E-state index in [0.29, 0.717) is 61.6 Å². The fourth-order valence-electron chi connectivity index (χ4n) is 14.2. The molecule has 1 heterocycles. The zero-order valence-corrected chi connectivity index (χ0v) is 34.2. The lowest BCUT2D eigenvalue weighted by Crippen LogP contribution is -2.60. The first-order chi connectivity index (χ1) is 24.8. The van der Waals surface area contributed by atoms with Crippen LogP contribution in [0.2, 0.25) is 0 Å². The topological polar surface area (TPSA) is 126 Å². The quantitative estimate of drug-likeness (QED) is 0.232. The molecule has 0 aromatic heterocycles. The zero-order chi connectivity index (χ0) is 38.5. The highest BCUT2D eigenvalue weighted by molar-refractivity contribution is 5.85. The van der Waals surface area contributed by atoms with E-state index in [-0.39, 0.29) is 70.5 Å². The average Bonchev–Trinajstić information content (AvgIpc) is 4.02. The summed E-state index contributed by atoms with van der Waals surface area (Å²) < 4.78 is 18.9. The summed E-state index contributed by atoms with van der Waals surface area (Å²) in [4.78, 5) is 41.0. The van der Waals surface area contributed by atoms with Crippen molar-refractivity contribution in [2.24, 2.45) is 56.7 Å². The SMILES string of the molecule is COC(C[C@@H](C)[C@H]1C[C@H](O)[C@@]2(C)C3CC[C@H]4C(C)(C)C(O[C@H]5CN(C(=O)CC6CC6)CCO5)CCC45CC35CCC12C)CN(C(C)=O)C(C)(C)C(=O)O. The summed E-state index contributed by atoms with van der Waals surface area (Å²) in [6, 6.07) is 0. The predicted molar refractivity (Wildman–Crippen MR) is 200 cm³/mol. The molecule has 0 bridgehead atoms. The van der Waals surface area contributed by atoms with Crippen molar-refractivity contribution in [3.63, 3.8) is 0 Å². The van der Waals surface area contributed by atoms with Crippen molar-refractivity contribution in [1.82, 2.24) is 9.80 Å². The van der Waals surface area contributed by atoms with Crippen molar-refractivity contribution >= 4 is 17.8 Å². The third-order valence-corrected chi connectivity index (χ3v) is 17.7. The van der Waals surface area contributed by atoms with Gasteiger partial charge in [-0.05, 0) is 136 Å². The summed E-state index contributed by atoms with van der Waals surface area (Å²) >= 11 is 0. The van der Waals surface area contributed by atoms with E-state index in [0.717, 1.165) is 38.5 Å². The van der Waals surface area contributed by atoms with Gasteiger partial charge in [-0.1, -0.05) is 34.6 Å². The maximum atomic E-state index is 12.9. The van der Waals surface area contributed by atoms with Gasteiger partial charge in [0.1, 0.15) is 5.54 Å². The van der Waals surface area contributed by atoms with Gasteiger partial charge in [0.05, 0.1) is 31.5 Å². The van der Waals surface area contributed by atoms with Crippen LogP contribution in [0, 0.1) is 56.7 Å². The number of rotatable bonds is 12. The normalized spacial score (nSPS) is 42.7. The van der Waals surface area contributed by atoms with Crippen LogP contribution in [-0.2, 0) is 28.6 Å². The number of hydrogen-bond acceptors (Lipinski definition) is 7. The molecular formula is C43H70N2O8. The van der Waals surface area contributed by atoms with E-state index in [1.807, 2.05) is 4.90 Å². The second-order valence-electron chi connectivity index (χ2n) is 20.6. The second kappa shape index (κ2) is 13.4. The first-order valence-corrected chi connectivity index (χ1v) is 21.1. The molecule has 6 aliphatic carbocycles. The van der Waals surface area contributed by atoms with Crippen molar-refractivity contribution in [1.29, 1.82) is 0 Å². The van der Waals surface area contributed by atoms with Gasteiger partial charge in [-0.15, -0.1) is 0 Å². The van der Waals surface area contributed by atoms with Gasteiger partial charge in [-0.25, -0.2) is 4.79 Å². The highest BCUT2D eigenvalue weighted by atomic mass is 16.7. The van der Waals surface area contributed by atoms with Gasteiger partial charge in [-0.2, -0.15) is 0 Å². The van der Waals surface area contributed by atoms with E-state index in [1.54, 1.807) is 21.0 Å². The lowest BCUT2D eigenvalue weighted by atomic mass is 9.41. The van der Waals surface area contributed by atoms with Gasteiger partial charge in [0, 0.05) is 39.0 Å². The molecule has 1 saturated heterocycles. The molecule has 7 aliphatic rings. The molecule has 0 aromatic rings. The molecule has 6 saturated carbocycles. The second-order valence-corrected chi connectivity index (χ2v) is 20.6. The van der Waals surface area contributed by atoms with Gasteiger partial charge >= 0.3 is 5.97 Å². The number of aliphatic hydroxyl groups is 1. The number of ether oxygens (including phenoxy) is 3. The highest BCUT2D eigenvalue weighted by Crippen LogP contribution is 2.89. The summed E-state index contributed by atoms with van der Waals surface area (Å²) in [6.07, 6.45) is 11.6. The maximum Gasteiger partial charge on any atom is 0.329 e. The van der Waals surface area contributed by atoms with Crippen LogP contribution in [-0.4, -0.2) is 101 Å². The molecular weight excluding hydrogens is 672 g/mol. The maximum absolute atomic E-state index is 12.9. The van der Waals surface area contributed by atoms with Gasteiger partial charge in [0.2, 0.25) is 11.8 Å². The number of methoxy groups -OCH3 is 1. The molecule has 300 valence electrons. The zero-order valence-electron chi connectivity index (χ0n) is 34.2. The van der Waals surface area contributed by atoms with Gasteiger partial charge < -0.3 is 34.2 Å². The molecule has 6 unspecified atom stereocenters. The molecule has 12 atom stereocenters. The van der Waals surface area contributed by atoms with Crippen LogP contribution in [0.15, 0.2) is 0 Å². The van der Waals surface area contributed by atoms with Crippen molar-refractivity contribution < 1.29 is 38.8 Å². The Hall–Kier alpha value is -1.75. The Morgan fingerprint density at radius 3 is 2.32 bits per heavy atom. The standard InChI is InChI=1S/C43H70N2O8/c1-26(20-29(51-9)23-45(27(2)46)39(5,6)37(49)50)30-22-33(47)41(8)32-13-12-31-38(3,4)34(14-15-42(31)25-43(32,42)17-16-40(30,41)7)53-36-24-44(18-19-52-36)35(48)21-28-10-11-28/h26,28-34,36,47H,10-25H2,1-9H3,(H,49,50)/t26-,29?,30-,31+,32?,33+,34?,36+,40?,41-,42?,43?/m1/s1. The third-order valence-electron chi connectivity index (χ3n) is 17.7. The molecule has 10 heteroatoms. The number of aliphatic carboxylic acids is 1. The van der Waals surface area contributed by atoms with Gasteiger partial charge in [0.15, 0.2) is 6.29 Å². The Morgan fingerprint density at radius 2 is 1.68 bits per heavy atom. The van der Waals surface area contributed by atoms with E-state index in [1.165, 1.54) is 37.5 Å². The summed E-state index contributed by atoms with van der Waals surface area (Å²) in [7, 11) is 1.66. The largest absolute Gasteiger partial charge is 0.480 e. The average molecular weight is 743 g/mol. The first-order valence-electron chi connectivity index (χ1n) is 21.1. The van der Waals surface area contributed by atoms with Crippen molar-refractivity contribution in [3.05, 3.63) is 0 Å². The lowest BCUT2D eigenvalue weighted by Gasteiger charge is -2.64. The molecule has 53 heavy (non-hydrogen) atoms. The molecule has 7 fully saturated rings. The number of amides is 2. The molecule has 2 amide bonds. The number of carbonyl (C=O) groups is 3. The highest BCUT2D eigenvalue weighted by Gasteiger charge is 2.83. The smallest absolute Gasteiger partial charge is 0.329 e. The number of carboxylic acids is 1. The number of carboxylic acid groups (broad SMARTS) is 1. The van der Waals surface area contributed by atoms with E-state index in [2.05, 4.69) is 34.6 Å². The van der Waals surface area contributed by atoms with Crippen molar-refractivity contribution in [2.45, 2.75) is 163 Å². The number of morpholine rings is 1. The third kappa shape index (κ3) is 6.03.